The smallest absolute Gasteiger partial charge is 0.0494 e. The molecular formula is C10H22O2. The lowest BCUT2D eigenvalue weighted by atomic mass is 10.0. The second-order valence-corrected chi connectivity index (χ2v) is 3.15. The normalized spacial score (nSPS) is 13.2. The molecule has 0 amide bonds. The third-order valence-electron chi connectivity index (χ3n) is 2.16. The summed E-state index contributed by atoms with van der Waals surface area (Å²) in [6, 6.07) is 0. The highest BCUT2D eigenvalue weighted by Gasteiger charge is 2.04. The molecule has 0 fully saturated rings. The van der Waals surface area contributed by atoms with E-state index in [2.05, 4.69) is 6.92 Å². The van der Waals surface area contributed by atoms with Crippen molar-refractivity contribution >= 4 is 0 Å². The van der Waals surface area contributed by atoms with E-state index in [9.17, 15) is 0 Å². The van der Waals surface area contributed by atoms with Crippen LogP contribution in [-0.4, -0.2) is 24.9 Å². The maximum absolute atomic E-state index is 8.60. The van der Waals surface area contributed by atoms with E-state index in [1.807, 2.05) is 6.92 Å². The second-order valence-electron chi connectivity index (χ2n) is 3.15. The lowest BCUT2D eigenvalue weighted by molar-refractivity contribution is 0.103. The summed E-state index contributed by atoms with van der Waals surface area (Å²) in [4.78, 5) is 0. The Hall–Kier alpha value is -0.0800. The van der Waals surface area contributed by atoms with Crippen LogP contribution >= 0.6 is 0 Å². The van der Waals surface area contributed by atoms with Crippen molar-refractivity contribution in [2.24, 2.45) is 5.92 Å². The molecule has 0 aliphatic rings. The van der Waals surface area contributed by atoms with Crippen LogP contribution in [0.25, 0.3) is 0 Å². The van der Waals surface area contributed by atoms with Crippen LogP contribution in [0.1, 0.15) is 39.5 Å². The van der Waals surface area contributed by atoms with Crippen molar-refractivity contribution in [2.45, 2.75) is 39.5 Å². The zero-order valence-corrected chi connectivity index (χ0v) is 8.38. The predicted molar refractivity (Wildman–Crippen MR) is 51.2 cm³/mol. The molecule has 12 heavy (non-hydrogen) atoms. The molecular weight excluding hydrogens is 152 g/mol. The molecule has 0 heterocycles. The van der Waals surface area contributed by atoms with E-state index in [-0.39, 0.29) is 0 Å². The zero-order chi connectivity index (χ0) is 9.23. The Balaban J connectivity index is 3.26. The molecule has 0 radical (unpaired) electrons. The van der Waals surface area contributed by atoms with Gasteiger partial charge in [-0.2, -0.15) is 0 Å². The monoisotopic (exact) mass is 174 g/mol. The lowest BCUT2D eigenvalue weighted by Crippen LogP contribution is -2.08. The van der Waals surface area contributed by atoms with Gasteiger partial charge in [0.25, 0.3) is 0 Å². The first-order valence-corrected chi connectivity index (χ1v) is 5.03. The van der Waals surface area contributed by atoms with Crippen LogP contribution in [0.3, 0.4) is 0 Å². The van der Waals surface area contributed by atoms with Crippen LogP contribution < -0.4 is 0 Å². The van der Waals surface area contributed by atoms with Gasteiger partial charge in [-0.25, -0.2) is 0 Å². The Labute approximate surface area is 75.9 Å². The van der Waals surface area contributed by atoms with Gasteiger partial charge in [-0.15, -0.1) is 0 Å². The maximum atomic E-state index is 8.60. The van der Waals surface area contributed by atoms with Crippen LogP contribution in [0.5, 0.6) is 0 Å². The number of ether oxygens (including phenoxy) is 1. The molecule has 74 valence electrons. The average molecular weight is 174 g/mol. The highest BCUT2D eigenvalue weighted by atomic mass is 16.5. The molecule has 2 heteroatoms. The molecule has 0 saturated carbocycles. The summed E-state index contributed by atoms with van der Waals surface area (Å²) < 4.78 is 5.35. The van der Waals surface area contributed by atoms with Gasteiger partial charge in [-0.3, -0.25) is 0 Å². The molecule has 0 aliphatic carbocycles. The minimum atomic E-state index is 0.324. The summed E-state index contributed by atoms with van der Waals surface area (Å²) in [5.41, 5.74) is 0. The molecule has 0 aliphatic heterocycles. The highest BCUT2D eigenvalue weighted by molar-refractivity contribution is 4.55. The maximum Gasteiger partial charge on any atom is 0.0494 e. The summed E-state index contributed by atoms with van der Waals surface area (Å²) in [6.45, 7) is 6.25. The molecule has 1 N–H and O–H groups in total. The van der Waals surface area contributed by atoms with Crippen molar-refractivity contribution in [3.63, 3.8) is 0 Å². The standard InChI is InChI=1S/C10H22O2/c1-3-10(9-12-4-2)7-5-6-8-11/h10-11H,3-9H2,1-2H3. The molecule has 0 aromatic heterocycles. The number of unbranched alkanes of at least 4 members (excludes halogenated alkanes) is 1. The van der Waals surface area contributed by atoms with E-state index in [1.54, 1.807) is 0 Å². The third-order valence-corrected chi connectivity index (χ3v) is 2.16. The molecule has 1 unspecified atom stereocenters. The van der Waals surface area contributed by atoms with E-state index in [0.29, 0.717) is 12.5 Å². The van der Waals surface area contributed by atoms with Gasteiger partial charge in [-0.05, 0) is 25.7 Å². The quantitative estimate of drug-likeness (QED) is 0.572. The van der Waals surface area contributed by atoms with Crippen molar-refractivity contribution in [3.05, 3.63) is 0 Å². The van der Waals surface area contributed by atoms with Crippen molar-refractivity contribution in [1.82, 2.24) is 0 Å². The van der Waals surface area contributed by atoms with Crippen LogP contribution in [0.2, 0.25) is 0 Å². The van der Waals surface area contributed by atoms with Crippen molar-refractivity contribution < 1.29 is 9.84 Å². The van der Waals surface area contributed by atoms with Crippen LogP contribution in [0, 0.1) is 5.92 Å². The molecule has 0 saturated heterocycles. The van der Waals surface area contributed by atoms with Gasteiger partial charge >= 0.3 is 0 Å². The van der Waals surface area contributed by atoms with E-state index < -0.39 is 0 Å². The lowest BCUT2D eigenvalue weighted by Gasteiger charge is -2.13. The number of rotatable bonds is 8. The van der Waals surface area contributed by atoms with E-state index >= 15 is 0 Å². The summed E-state index contributed by atoms with van der Waals surface area (Å²) in [5, 5.41) is 8.60. The molecule has 0 bridgehead atoms. The second kappa shape index (κ2) is 9.01. The minimum Gasteiger partial charge on any atom is -0.396 e. The number of aliphatic hydroxyl groups excluding tert-OH is 1. The fourth-order valence-electron chi connectivity index (χ4n) is 1.23. The van der Waals surface area contributed by atoms with Gasteiger partial charge < -0.3 is 9.84 Å². The fraction of sp³-hybridized carbons (Fsp3) is 1.00. The van der Waals surface area contributed by atoms with Crippen molar-refractivity contribution in [1.29, 1.82) is 0 Å². The summed E-state index contributed by atoms with van der Waals surface area (Å²) in [7, 11) is 0. The SMILES string of the molecule is CCOCC(CC)CCCCO. The van der Waals surface area contributed by atoms with Crippen LogP contribution in [0.4, 0.5) is 0 Å². The zero-order valence-electron chi connectivity index (χ0n) is 8.38. The Kier molecular flexibility index (Phi) is 8.95. The Morgan fingerprint density at radius 1 is 1.25 bits per heavy atom. The first-order chi connectivity index (χ1) is 5.85. The minimum absolute atomic E-state index is 0.324. The molecule has 2 nitrogen and oxygen atoms in total. The Morgan fingerprint density at radius 3 is 2.50 bits per heavy atom. The largest absolute Gasteiger partial charge is 0.396 e. The van der Waals surface area contributed by atoms with Crippen LogP contribution in [0.15, 0.2) is 0 Å². The third kappa shape index (κ3) is 6.62. The van der Waals surface area contributed by atoms with Crippen LogP contribution in [-0.2, 0) is 4.74 Å². The van der Waals surface area contributed by atoms with Crippen molar-refractivity contribution in [2.75, 3.05) is 19.8 Å². The predicted octanol–water partition coefficient (Wildman–Crippen LogP) is 2.21. The van der Waals surface area contributed by atoms with E-state index in [1.165, 1.54) is 12.8 Å². The van der Waals surface area contributed by atoms with Gasteiger partial charge in [-0.1, -0.05) is 19.8 Å². The van der Waals surface area contributed by atoms with Gasteiger partial charge in [0.1, 0.15) is 0 Å². The molecule has 0 spiro atoms. The number of hydrogen-bond donors (Lipinski definition) is 1. The first-order valence-electron chi connectivity index (χ1n) is 5.03. The number of aliphatic hydroxyl groups is 1. The Morgan fingerprint density at radius 2 is 2.00 bits per heavy atom. The van der Waals surface area contributed by atoms with E-state index in [4.69, 9.17) is 9.84 Å². The molecule has 0 rings (SSSR count). The summed E-state index contributed by atoms with van der Waals surface area (Å²) in [6.07, 6.45) is 4.44. The highest BCUT2D eigenvalue weighted by Crippen LogP contribution is 2.12. The van der Waals surface area contributed by atoms with Gasteiger partial charge in [0.05, 0.1) is 0 Å². The van der Waals surface area contributed by atoms with E-state index in [0.717, 1.165) is 26.1 Å². The molecule has 0 aromatic rings. The van der Waals surface area contributed by atoms with Gasteiger partial charge in [0.2, 0.25) is 0 Å². The Bertz CT molecular complexity index is 83.9. The summed E-state index contributed by atoms with van der Waals surface area (Å²) in [5.74, 6) is 0.691. The van der Waals surface area contributed by atoms with Gasteiger partial charge in [0.15, 0.2) is 0 Å². The van der Waals surface area contributed by atoms with Crippen molar-refractivity contribution in [3.8, 4) is 0 Å². The number of hydrogen-bond acceptors (Lipinski definition) is 2. The van der Waals surface area contributed by atoms with Gasteiger partial charge in [0, 0.05) is 19.8 Å². The fourth-order valence-corrected chi connectivity index (χ4v) is 1.23. The molecule has 1 atom stereocenters. The summed E-state index contributed by atoms with van der Waals surface area (Å²) >= 11 is 0. The topological polar surface area (TPSA) is 29.5 Å². The average Bonchev–Trinajstić information content (AvgIpc) is 2.11. The first kappa shape index (κ1) is 11.9. The molecule has 0 aromatic carbocycles.